The fourth-order valence-corrected chi connectivity index (χ4v) is 10.8. The van der Waals surface area contributed by atoms with E-state index in [0.717, 1.165) is 19.3 Å². The Kier molecular flexibility index (Phi) is 18.5. The van der Waals surface area contributed by atoms with Crippen molar-refractivity contribution >= 4 is 72.9 Å². The minimum Gasteiger partial charge on any atom is -0.465 e. The van der Waals surface area contributed by atoms with Crippen molar-refractivity contribution in [2.24, 2.45) is 0 Å². The molecule has 2 fully saturated rings. The minimum absolute atomic E-state index is 0.0141. The molecule has 20 heteroatoms. The van der Waals surface area contributed by atoms with E-state index >= 15 is 0 Å². The molecule has 2 aliphatic heterocycles. The molecule has 0 spiro atoms. The second-order valence-corrected chi connectivity index (χ2v) is 21.4. The number of benzene rings is 4. The van der Waals surface area contributed by atoms with Gasteiger partial charge < -0.3 is 25.4 Å². The van der Waals surface area contributed by atoms with E-state index in [1.165, 1.54) is 64.3 Å². The lowest BCUT2D eigenvalue weighted by Crippen LogP contribution is -2.48. The van der Waals surface area contributed by atoms with E-state index in [-0.39, 0.29) is 46.8 Å². The van der Waals surface area contributed by atoms with Crippen LogP contribution in [0.2, 0.25) is 10.0 Å². The number of hydrogen-bond acceptors (Lipinski definition) is 11. The van der Waals surface area contributed by atoms with Crippen LogP contribution in [-0.2, 0) is 57.0 Å². The summed E-state index contributed by atoms with van der Waals surface area (Å²) in [6.07, 6.45) is 3.73. The average molecular weight is 1000 g/mol. The first-order valence-corrected chi connectivity index (χ1v) is 25.2. The van der Waals surface area contributed by atoms with E-state index in [1.807, 2.05) is 0 Å². The van der Waals surface area contributed by atoms with Gasteiger partial charge in [0.15, 0.2) is 0 Å². The van der Waals surface area contributed by atoms with Crippen molar-refractivity contribution in [3.63, 3.8) is 0 Å². The molecule has 0 bridgehead atoms. The second kappa shape index (κ2) is 23.6. The van der Waals surface area contributed by atoms with Crippen LogP contribution in [0.4, 0.5) is 0 Å². The molecule has 2 heterocycles. The van der Waals surface area contributed by atoms with Gasteiger partial charge in [-0.25, -0.2) is 21.6 Å². The molecule has 6 rings (SSSR count). The van der Waals surface area contributed by atoms with E-state index in [9.17, 15) is 40.8 Å². The third kappa shape index (κ3) is 14.8. The molecule has 0 aliphatic carbocycles. The Morgan fingerprint density at radius 2 is 1.10 bits per heavy atom. The van der Waals surface area contributed by atoms with Crippen LogP contribution in [0.15, 0.2) is 107 Å². The maximum absolute atomic E-state index is 13.7. The lowest BCUT2D eigenvalue weighted by molar-refractivity contribution is -0.153. The Balaban J connectivity index is 0.000000256. The van der Waals surface area contributed by atoms with Gasteiger partial charge in [-0.3, -0.25) is 19.2 Å². The Bertz CT molecular complexity index is 2630. The van der Waals surface area contributed by atoms with Crippen molar-refractivity contribution in [1.82, 2.24) is 24.6 Å². The molecule has 2 aliphatic rings. The lowest BCUT2D eigenvalue weighted by atomic mass is 10.1. The van der Waals surface area contributed by atoms with E-state index in [0.29, 0.717) is 59.1 Å². The monoisotopic (exact) mass is 999 g/mol. The fraction of sp³-hybridized carbons (Fsp3) is 0.383. The molecule has 360 valence electrons. The van der Waals surface area contributed by atoms with E-state index in [4.69, 9.17) is 32.7 Å². The summed E-state index contributed by atoms with van der Waals surface area (Å²) in [5.74, 6) is -2.28. The summed E-state index contributed by atoms with van der Waals surface area (Å²) >= 11 is 11.9. The Morgan fingerprint density at radius 3 is 1.54 bits per heavy atom. The first-order valence-electron chi connectivity index (χ1n) is 21.6. The molecule has 2 saturated heterocycles. The van der Waals surface area contributed by atoms with Crippen molar-refractivity contribution in [3.8, 4) is 0 Å². The molecule has 4 aromatic carbocycles. The van der Waals surface area contributed by atoms with E-state index in [2.05, 4.69) is 16.0 Å². The van der Waals surface area contributed by atoms with E-state index < -0.39 is 55.6 Å². The number of amides is 3. The van der Waals surface area contributed by atoms with Gasteiger partial charge in [0.05, 0.1) is 22.5 Å². The maximum Gasteiger partial charge on any atom is 0.337 e. The third-order valence-corrected chi connectivity index (χ3v) is 14.8. The van der Waals surface area contributed by atoms with Gasteiger partial charge in [-0.15, -0.1) is 0 Å². The summed E-state index contributed by atoms with van der Waals surface area (Å²) in [6, 6.07) is 22.8. The van der Waals surface area contributed by atoms with Crippen molar-refractivity contribution < 1.29 is 50.3 Å². The molecule has 0 aromatic heterocycles. The number of ether oxygens (including phenoxy) is 2. The zero-order valence-electron chi connectivity index (χ0n) is 37.6. The molecule has 0 saturated carbocycles. The first kappa shape index (κ1) is 52.6. The number of halogens is 2. The highest BCUT2D eigenvalue weighted by atomic mass is 35.5. The number of methoxy groups -OCH3 is 1. The molecular formula is C47H55Cl2N5O11S2. The number of nitrogens with one attached hydrogen (secondary N) is 3. The van der Waals surface area contributed by atoms with Gasteiger partial charge >= 0.3 is 11.9 Å². The highest BCUT2D eigenvalue weighted by Crippen LogP contribution is 2.28. The molecule has 2 atom stereocenters. The molecule has 3 N–H and O–H groups in total. The topological polar surface area (TPSA) is 215 Å². The highest BCUT2D eigenvalue weighted by molar-refractivity contribution is 7.89. The average Bonchev–Trinajstić information content (AvgIpc) is 3.64. The second-order valence-electron chi connectivity index (χ2n) is 16.8. The summed E-state index contributed by atoms with van der Waals surface area (Å²) in [5.41, 5.74) is 0.969. The quantitative estimate of drug-likeness (QED) is 0.120. The van der Waals surface area contributed by atoms with E-state index in [1.54, 1.807) is 69.3 Å². The first-order chi connectivity index (χ1) is 31.7. The molecule has 0 radical (unpaired) electrons. The number of sulfonamides is 2. The molecule has 16 nitrogen and oxygen atoms in total. The normalized spacial score (nSPS) is 16.9. The van der Waals surface area contributed by atoms with Crippen LogP contribution in [-0.4, -0.2) is 99.5 Å². The molecule has 67 heavy (non-hydrogen) atoms. The van der Waals surface area contributed by atoms with Gasteiger partial charge in [0.2, 0.25) is 31.9 Å². The molecule has 2 unspecified atom stereocenters. The van der Waals surface area contributed by atoms with Crippen LogP contribution in [0, 0.1) is 0 Å². The standard InChI is InChI=1S/C26H32ClN3O6S.C21H23ClN2O5S/c1-26(2,3)36-23(31)16-29-24(32)19-8-6-7-18(15-19)17-30(22-9-4-5-14-28-25(22)33)37(34,35)21-12-10-20(27)11-13-21;1-29-21(26)16-6-4-5-15(13-16)14-24(19-7-2-3-12-23-20(19)25)30(27,28)18-10-8-17(22)9-11-18/h6-8,10-13,15,22H,4-5,9,14,16-17H2,1-3H3,(H,28,33)(H,29,32);4-6,8-11,13,19H,2-3,7,12,14H2,1H3,(H,23,25). The zero-order valence-corrected chi connectivity index (χ0v) is 40.8. The summed E-state index contributed by atoms with van der Waals surface area (Å²) in [4.78, 5) is 62.1. The molecular weight excluding hydrogens is 946 g/mol. The summed E-state index contributed by atoms with van der Waals surface area (Å²) in [7, 11) is -6.81. The Hall–Kier alpha value is -5.37. The number of carbonyl (C=O) groups excluding carboxylic acids is 5. The van der Waals surface area contributed by atoms with Gasteiger partial charge in [-0.1, -0.05) is 47.5 Å². The Labute approximate surface area is 401 Å². The van der Waals surface area contributed by atoms with Crippen molar-refractivity contribution in [1.29, 1.82) is 0 Å². The van der Waals surface area contributed by atoms with Crippen LogP contribution < -0.4 is 16.0 Å². The van der Waals surface area contributed by atoms with Gasteiger partial charge in [-0.2, -0.15) is 8.61 Å². The number of hydrogen-bond donors (Lipinski definition) is 3. The van der Waals surface area contributed by atoms with Crippen molar-refractivity contribution in [3.05, 3.63) is 129 Å². The summed E-state index contributed by atoms with van der Waals surface area (Å²) in [5, 5.41) is 8.91. The molecule has 3 amide bonds. The smallest absolute Gasteiger partial charge is 0.337 e. The SMILES string of the molecule is CC(C)(C)OC(=O)CNC(=O)c1cccc(CN(C2CCCCNC2=O)S(=O)(=O)c2ccc(Cl)cc2)c1.COC(=O)c1cccc(CN(C2CCCCNC2=O)S(=O)(=O)c2ccc(Cl)cc2)c1. The highest BCUT2D eigenvalue weighted by Gasteiger charge is 2.38. The Morgan fingerprint density at radius 1 is 0.672 bits per heavy atom. The van der Waals surface area contributed by atoms with Crippen LogP contribution >= 0.6 is 23.2 Å². The largest absolute Gasteiger partial charge is 0.465 e. The van der Waals surface area contributed by atoms with Crippen molar-refractivity contribution in [2.75, 3.05) is 26.7 Å². The third-order valence-electron chi connectivity index (χ3n) is 10.6. The van der Waals surface area contributed by atoms with Crippen molar-refractivity contribution in [2.45, 2.75) is 99.9 Å². The predicted molar refractivity (Wildman–Crippen MR) is 252 cm³/mol. The van der Waals surface area contributed by atoms with Gasteiger partial charge in [-0.05, 0) is 143 Å². The lowest BCUT2D eigenvalue weighted by Gasteiger charge is -2.29. The van der Waals surface area contributed by atoms with Gasteiger partial charge in [0, 0.05) is 41.8 Å². The number of nitrogens with zero attached hydrogens (tertiary/aromatic N) is 2. The zero-order chi connectivity index (χ0) is 48.9. The van der Waals surface area contributed by atoms with Crippen LogP contribution in [0.5, 0.6) is 0 Å². The number of rotatable bonds is 14. The summed E-state index contributed by atoms with van der Waals surface area (Å²) < 4.78 is 66.7. The van der Waals surface area contributed by atoms with Gasteiger partial charge in [0.1, 0.15) is 24.2 Å². The predicted octanol–water partition coefficient (Wildman–Crippen LogP) is 6.26. The van der Waals surface area contributed by atoms with Crippen LogP contribution in [0.3, 0.4) is 0 Å². The fourth-order valence-electron chi connectivity index (χ4n) is 7.32. The molecule has 4 aromatic rings. The maximum atomic E-state index is 13.7. The van der Waals surface area contributed by atoms with Crippen LogP contribution in [0.25, 0.3) is 0 Å². The summed E-state index contributed by atoms with van der Waals surface area (Å²) in [6.45, 7) is 5.70. The van der Waals surface area contributed by atoms with Crippen LogP contribution in [0.1, 0.15) is 91.1 Å². The minimum atomic E-state index is -4.08. The number of carbonyl (C=O) groups is 5. The van der Waals surface area contributed by atoms with Gasteiger partial charge in [0.25, 0.3) is 5.91 Å². The number of esters is 2.